The Bertz CT molecular complexity index is 1350. The molecule has 2 N–H and O–H groups in total. The second kappa shape index (κ2) is 9.64. The van der Waals surface area contributed by atoms with Crippen molar-refractivity contribution in [2.75, 3.05) is 11.9 Å². The van der Waals surface area contributed by atoms with Gasteiger partial charge in [-0.25, -0.2) is 4.98 Å². The zero-order chi connectivity index (χ0) is 23.5. The van der Waals surface area contributed by atoms with Crippen molar-refractivity contribution >= 4 is 51.8 Å². The molecule has 33 heavy (non-hydrogen) atoms. The van der Waals surface area contributed by atoms with Gasteiger partial charge in [0.05, 0.1) is 22.2 Å². The molecule has 0 saturated carbocycles. The Morgan fingerprint density at radius 1 is 1.18 bits per heavy atom. The number of aliphatic carboxylic acids is 1. The summed E-state index contributed by atoms with van der Waals surface area (Å²) in [6, 6.07) is 14.2. The lowest BCUT2D eigenvalue weighted by Crippen LogP contribution is -2.20. The molecule has 0 saturated heterocycles. The molecule has 0 bridgehead atoms. The van der Waals surface area contributed by atoms with Crippen LogP contribution >= 0.6 is 23.2 Å². The number of rotatable bonds is 8. The van der Waals surface area contributed by atoms with E-state index in [9.17, 15) is 14.7 Å². The summed E-state index contributed by atoms with van der Waals surface area (Å²) >= 11 is 12.1. The Balaban J connectivity index is 1.53. The molecule has 4 rings (SSSR count). The predicted octanol–water partition coefficient (Wildman–Crippen LogP) is 4.84. The molecule has 2 aromatic heterocycles. The van der Waals surface area contributed by atoms with E-state index in [2.05, 4.69) is 15.1 Å². The summed E-state index contributed by atoms with van der Waals surface area (Å²) in [7, 11) is 1.75. The summed E-state index contributed by atoms with van der Waals surface area (Å²) in [5.41, 5.74) is 1.91. The minimum absolute atomic E-state index is 0.334. The van der Waals surface area contributed by atoms with Crippen LogP contribution in [0.5, 0.6) is 0 Å². The first-order valence-corrected chi connectivity index (χ1v) is 11.0. The van der Waals surface area contributed by atoms with Crippen molar-refractivity contribution in [3.8, 4) is 0 Å². The van der Waals surface area contributed by atoms with E-state index in [1.165, 1.54) is 6.20 Å². The second-order valence-corrected chi connectivity index (χ2v) is 8.41. The number of fused-ring (bicyclic) bond motifs is 1. The van der Waals surface area contributed by atoms with Gasteiger partial charge in [0.1, 0.15) is 5.52 Å². The van der Waals surface area contributed by atoms with E-state index in [-0.39, 0.29) is 5.56 Å². The van der Waals surface area contributed by atoms with Crippen molar-refractivity contribution in [2.24, 2.45) is 0 Å². The van der Waals surface area contributed by atoms with Crippen molar-refractivity contribution in [1.82, 2.24) is 19.7 Å². The topological polar surface area (TPSA) is 104 Å². The number of aromatic amines is 1. The second-order valence-electron chi connectivity index (χ2n) is 7.59. The van der Waals surface area contributed by atoms with Crippen molar-refractivity contribution in [2.45, 2.75) is 25.3 Å². The number of aryl methyl sites for hydroxylation is 1. The number of H-pyrrole nitrogens is 1. The maximum Gasteiger partial charge on any atom is 0.310 e. The number of carbonyl (C=O) groups is 1. The predicted molar refractivity (Wildman–Crippen MR) is 129 cm³/mol. The van der Waals surface area contributed by atoms with Gasteiger partial charge in [0.15, 0.2) is 5.52 Å². The van der Waals surface area contributed by atoms with Crippen molar-refractivity contribution in [1.29, 1.82) is 0 Å². The molecule has 0 spiro atoms. The van der Waals surface area contributed by atoms with Crippen molar-refractivity contribution in [3.63, 3.8) is 0 Å². The molecule has 0 aliphatic rings. The summed E-state index contributed by atoms with van der Waals surface area (Å²) in [5.74, 6) is -1.16. The number of hydrogen-bond acceptors (Lipinski definition) is 5. The van der Waals surface area contributed by atoms with Crippen molar-refractivity contribution in [3.05, 3.63) is 80.7 Å². The van der Waals surface area contributed by atoms with Gasteiger partial charge in [0.25, 0.3) is 5.56 Å². The van der Waals surface area contributed by atoms with E-state index in [4.69, 9.17) is 23.2 Å². The van der Waals surface area contributed by atoms with Crippen LogP contribution in [0.2, 0.25) is 10.0 Å². The number of carboxylic acid groups (broad SMARTS) is 1. The number of hydrogen-bond donors (Lipinski definition) is 2. The molecular formula is C23H21Cl2N5O3. The molecule has 4 aromatic rings. The maximum absolute atomic E-state index is 12.8. The Morgan fingerprint density at radius 3 is 2.64 bits per heavy atom. The Hall–Kier alpha value is -3.36. The van der Waals surface area contributed by atoms with Gasteiger partial charge in [0, 0.05) is 19.3 Å². The summed E-state index contributed by atoms with van der Waals surface area (Å²) in [6.45, 7) is 0.396. The third-order valence-electron chi connectivity index (χ3n) is 5.46. The number of anilines is 2. The number of aromatic nitrogens is 4. The highest BCUT2D eigenvalue weighted by molar-refractivity contribution is 6.42. The van der Waals surface area contributed by atoms with Crippen LogP contribution in [-0.4, -0.2) is 37.9 Å². The van der Waals surface area contributed by atoms with E-state index in [1.54, 1.807) is 34.8 Å². The van der Waals surface area contributed by atoms with Gasteiger partial charge in [0.2, 0.25) is 5.95 Å². The third-order valence-corrected chi connectivity index (χ3v) is 6.20. The van der Waals surface area contributed by atoms with Gasteiger partial charge >= 0.3 is 5.97 Å². The molecule has 8 nitrogen and oxygen atoms in total. The lowest BCUT2D eigenvalue weighted by molar-refractivity contribution is -0.139. The highest BCUT2D eigenvalue weighted by atomic mass is 35.5. The largest absolute Gasteiger partial charge is 0.481 e. The molecule has 10 heteroatoms. The van der Waals surface area contributed by atoms with Crippen LogP contribution in [0.15, 0.2) is 59.5 Å². The van der Waals surface area contributed by atoms with E-state index >= 15 is 0 Å². The van der Waals surface area contributed by atoms with Crippen LogP contribution in [-0.2, 0) is 11.3 Å². The standard InChI is InChI=1S/C23H21Cl2N5O3/c1-29(15-9-10-17(24)18(25)12-15)23-27-19-13-26-30(20(19)21(31)28-23)11-5-8-16(22(32)33)14-6-3-2-4-7-14/h2-4,6-7,9-10,12-13,16H,5,8,11H2,1H3,(H,32,33)(H,27,28,31). The van der Waals surface area contributed by atoms with Crippen LogP contribution in [0.4, 0.5) is 11.6 Å². The zero-order valence-electron chi connectivity index (χ0n) is 17.7. The molecule has 0 radical (unpaired) electrons. The fraction of sp³-hybridized carbons (Fsp3) is 0.217. The molecule has 1 unspecified atom stereocenters. The average molecular weight is 486 g/mol. The molecule has 0 amide bonds. The van der Waals surface area contributed by atoms with E-state index in [0.29, 0.717) is 52.1 Å². The number of nitrogens with one attached hydrogen (secondary N) is 1. The quantitative estimate of drug-likeness (QED) is 0.369. The molecule has 0 aliphatic carbocycles. The Morgan fingerprint density at radius 2 is 1.94 bits per heavy atom. The number of carboxylic acids is 1. The van der Waals surface area contributed by atoms with Gasteiger partial charge in [-0.05, 0) is 36.6 Å². The Labute approximate surface area is 199 Å². The fourth-order valence-electron chi connectivity index (χ4n) is 3.70. The summed E-state index contributed by atoms with van der Waals surface area (Å²) in [4.78, 5) is 33.5. The third kappa shape index (κ3) is 4.86. The molecule has 0 aliphatic heterocycles. The van der Waals surface area contributed by atoms with Gasteiger partial charge < -0.3 is 10.0 Å². The molecule has 2 heterocycles. The van der Waals surface area contributed by atoms with Gasteiger partial charge in [-0.1, -0.05) is 53.5 Å². The van der Waals surface area contributed by atoms with Crippen LogP contribution in [0.25, 0.3) is 11.0 Å². The number of nitrogens with zero attached hydrogens (tertiary/aromatic N) is 4. The summed E-state index contributed by atoms with van der Waals surface area (Å²) < 4.78 is 1.56. The molecule has 2 aromatic carbocycles. The van der Waals surface area contributed by atoms with Crippen LogP contribution in [0.1, 0.15) is 24.3 Å². The lowest BCUT2D eigenvalue weighted by Gasteiger charge is -2.18. The van der Waals surface area contributed by atoms with Crippen LogP contribution in [0.3, 0.4) is 0 Å². The number of halogens is 2. The Kier molecular flexibility index (Phi) is 6.67. The maximum atomic E-state index is 12.8. The van der Waals surface area contributed by atoms with Crippen molar-refractivity contribution < 1.29 is 9.90 Å². The lowest BCUT2D eigenvalue weighted by atomic mass is 9.94. The minimum atomic E-state index is -0.874. The van der Waals surface area contributed by atoms with E-state index in [0.717, 1.165) is 5.56 Å². The van der Waals surface area contributed by atoms with E-state index < -0.39 is 11.9 Å². The summed E-state index contributed by atoms with van der Waals surface area (Å²) in [6.07, 6.45) is 2.49. The van der Waals surface area contributed by atoms with Crippen LogP contribution < -0.4 is 10.5 Å². The fourth-order valence-corrected chi connectivity index (χ4v) is 3.99. The molecule has 1 atom stereocenters. The van der Waals surface area contributed by atoms with E-state index in [1.807, 2.05) is 30.3 Å². The first-order chi connectivity index (χ1) is 15.8. The van der Waals surface area contributed by atoms with Crippen LogP contribution in [0, 0.1) is 0 Å². The highest BCUT2D eigenvalue weighted by Gasteiger charge is 2.20. The molecule has 0 fully saturated rings. The highest BCUT2D eigenvalue weighted by Crippen LogP contribution is 2.29. The minimum Gasteiger partial charge on any atom is -0.481 e. The SMILES string of the molecule is CN(c1ccc(Cl)c(Cl)c1)c1nc2cnn(CCCC(C(=O)O)c3ccccc3)c2c(=O)[nH]1. The summed E-state index contributed by atoms with van der Waals surface area (Å²) in [5, 5.41) is 14.7. The van der Waals surface area contributed by atoms with Gasteiger partial charge in [-0.2, -0.15) is 5.10 Å². The molecule has 170 valence electrons. The monoisotopic (exact) mass is 485 g/mol. The molecular weight excluding hydrogens is 465 g/mol. The van der Waals surface area contributed by atoms with Gasteiger partial charge in [-0.15, -0.1) is 0 Å². The first-order valence-electron chi connectivity index (χ1n) is 10.3. The average Bonchev–Trinajstić information content (AvgIpc) is 3.22. The number of benzene rings is 2. The zero-order valence-corrected chi connectivity index (χ0v) is 19.2. The smallest absolute Gasteiger partial charge is 0.310 e. The van der Waals surface area contributed by atoms with Gasteiger partial charge in [-0.3, -0.25) is 19.3 Å². The first kappa shape index (κ1) is 22.8. The normalized spacial score (nSPS) is 12.1.